The van der Waals surface area contributed by atoms with E-state index >= 15 is 4.79 Å². The summed E-state index contributed by atoms with van der Waals surface area (Å²) in [5, 5.41) is 23.4. The maximum absolute atomic E-state index is 15.1. The third-order valence-electron chi connectivity index (χ3n) is 13.0. The third kappa shape index (κ3) is 2.37. The van der Waals surface area contributed by atoms with Crippen molar-refractivity contribution in [2.75, 3.05) is 6.61 Å². The first-order valence-electron chi connectivity index (χ1n) is 14.7. The first-order chi connectivity index (χ1) is 19.6. The molecule has 2 spiro atoms. The Morgan fingerprint density at radius 2 is 1.86 bits per heavy atom. The molecule has 8 aliphatic rings. The number of rotatable bonds is 1. The summed E-state index contributed by atoms with van der Waals surface area (Å²) >= 11 is 0. The van der Waals surface area contributed by atoms with Gasteiger partial charge in [-0.3, -0.25) is 19.2 Å². The largest absolute Gasteiger partial charge is 0.458 e. The average molecular weight is 587 g/mol. The lowest BCUT2D eigenvalue weighted by Crippen LogP contribution is -2.80. The zero-order chi connectivity index (χ0) is 30.0. The van der Waals surface area contributed by atoms with Crippen LogP contribution in [-0.4, -0.2) is 86.7 Å². The Hall–Kier alpha value is -2.67. The van der Waals surface area contributed by atoms with Crippen molar-refractivity contribution in [3.05, 3.63) is 12.2 Å². The van der Waals surface area contributed by atoms with Crippen molar-refractivity contribution >= 4 is 29.5 Å². The molecule has 7 fully saturated rings. The Balaban J connectivity index is 1.45. The quantitative estimate of drug-likeness (QED) is 0.318. The highest BCUT2D eigenvalue weighted by Crippen LogP contribution is 2.76. The maximum atomic E-state index is 15.1. The van der Waals surface area contributed by atoms with Crippen LogP contribution in [0.3, 0.4) is 0 Å². The number of fused-ring (bicyclic) bond motifs is 5. The molecular formula is C30H34O12. The molecule has 2 saturated carbocycles. The van der Waals surface area contributed by atoms with Crippen molar-refractivity contribution in [3.8, 4) is 0 Å². The summed E-state index contributed by atoms with van der Waals surface area (Å²) in [6, 6.07) is 0. The van der Waals surface area contributed by atoms with Crippen LogP contribution in [0, 0.1) is 34.5 Å². The van der Waals surface area contributed by atoms with E-state index in [9.17, 15) is 29.4 Å². The molecule has 12 heteroatoms. The van der Waals surface area contributed by atoms with E-state index in [1.165, 1.54) is 12.2 Å². The number of aliphatic hydroxyl groups is 2. The summed E-state index contributed by atoms with van der Waals surface area (Å²) in [5.74, 6) is -9.35. The predicted octanol–water partition coefficient (Wildman–Crippen LogP) is 0.293. The van der Waals surface area contributed by atoms with Crippen molar-refractivity contribution in [2.45, 2.75) is 100 Å². The number of carbonyl (C=O) groups is 5. The molecule has 5 aliphatic heterocycles. The van der Waals surface area contributed by atoms with Gasteiger partial charge in [-0.15, -0.1) is 0 Å². The molecule has 0 radical (unpaired) electrons. The standard InChI is InChI=1S/C30H34O12/c1-13(31)40-28-9-7-14-15(10-18(33)27(37)8-5-6-17(32)25(14,27)3)29-21(34)20-24(2)11-19(39-22(35)16(24)12-38-29)26(4,41-23(28)36)30(20,28)42-29/h5-6,14-16,18-20,33,37H,7-12H2,1-4H3/t14?,15?,16-,18+,19+,20?,24+,25-,26-,27-,28+,29+,30-/m0/s1. The molecule has 3 unspecified atom stereocenters. The van der Waals surface area contributed by atoms with E-state index in [0.29, 0.717) is 0 Å². The van der Waals surface area contributed by atoms with Gasteiger partial charge in [0.15, 0.2) is 22.8 Å². The number of aliphatic hydroxyl groups excluding tert-OH is 1. The van der Waals surface area contributed by atoms with E-state index in [1.54, 1.807) is 20.8 Å². The predicted molar refractivity (Wildman–Crippen MR) is 135 cm³/mol. The minimum absolute atomic E-state index is 0.00226. The fourth-order valence-electron chi connectivity index (χ4n) is 10.9. The smallest absolute Gasteiger partial charge is 0.354 e. The highest BCUT2D eigenvalue weighted by molar-refractivity contribution is 6.01. The molecule has 0 aromatic heterocycles. The lowest BCUT2D eigenvalue weighted by molar-refractivity contribution is -0.382. The van der Waals surface area contributed by atoms with Gasteiger partial charge in [-0.25, -0.2) is 4.79 Å². The van der Waals surface area contributed by atoms with Crippen LogP contribution in [0.4, 0.5) is 0 Å². The zero-order valence-electron chi connectivity index (χ0n) is 23.8. The molecule has 0 aromatic carbocycles. The van der Waals surface area contributed by atoms with Crippen LogP contribution in [0.15, 0.2) is 12.2 Å². The molecule has 5 saturated heterocycles. The van der Waals surface area contributed by atoms with Gasteiger partial charge < -0.3 is 33.9 Å². The normalized spacial score (nSPS) is 58.2. The summed E-state index contributed by atoms with van der Waals surface area (Å²) in [5.41, 5.74) is -10.4. The SMILES string of the molecule is CC(=O)O[C@@]12CCC3C(C[C@@H](O)[C@@]4(O)CC=CC(=O)[C@]34C)[C@]34OC[C@H]5C(=O)O[C@@H]6C[C@@]5(C)C(C3=O)[C@]1(O4)[C@@]6(C)OC2=O. The molecule has 12 nitrogen and oxygen atoms in total. The van der Waals surface area contributed by atoms with Crippen LogP contribution in [0.1, 0.15) is 59.8 Å². The van der Waals surface area contributed by atoms with Gasteiger partial charge in [-0.1, -0.05) is 13.0 Å². The van der Waals surface area contributed by atoms with Crippen molar-refractivity contribution in [2.24, 2.45) is 34.5 Å². The zero-order valence-corrected chi connectivity index (χ0v) is 23.8. The minimum Gasteiger partial charge on any atom is -0.458 e. The van der Waals surface area contributed by atoms with Crippen molar-refractivity contribution < 1.29 is 57.9 Å². The fraction of sp³-hybridized carbons (Fsp3) is 0.767. The molecule has 3 aliphatic carbocycles. The lowest BCUT2D eigenvalue weighted by atomic mass is 9.46. The van der Waals surface area contributed by atoms with Gasteiger partial charge in [-0.05, 0) is 56.9 Å². The van der Waals surface area contributed by atoms with E-state index in [2.05, 4.69) is 0 Å². The number of allylic oxidation sites excluding steroid dienone is 1. The van der Waals surface area contributed by atoms with Crippen molar-refractivity contribution in [1.29, 1.82) is 0 Å². The van der Waals surface area contributed by atoms with Gasteiger partial charge >= 0.3 is 17.9 Å². The Morgan fingerprint density at radius 3 is 2.57 bits per heavy atom. The van der Waals surface area contributed by atoms with Crippen LogP contribution in [0.25, 0.3) is 0 Å². The fourth-order valence-corrected chi connectivity index (χ4v) is 10.9. The molecule has 0 aromatic rings. The van der Waals surface area contributed by atoms with E-state index < -0.39 is 104 Å². The molecule has 42 heavy (non-hydrogen) atoms. The molecule has 8 rings (SSSR count). The van der Waals surface area contributed by atoms with Gasteiger partial charge in [0.05, 0.1) is 30.0 Å². The number of ether oxygens (including phenoxy) is 5. The van der Waals surface area contributed by atoms with Crippen molar-refractivity contribution in [1.82, 2.24) is 0 Å². The van der Waals surface area contributed by atoms with Crippen LogP contribution >= 0.6 is 0 Å². The summed E-state index contributed by atoms with van der Waals surface area (Å²) in [7, 11) is 0. The monoisotopic (exact) mass is 586 g/mol. The number of esters is 3. The maximum Gasteiger partial charge on any atom is 0.354 e. The van der Waals surface area contributed by atoms with Gasteiger partial charge in [0.2, 0.25) is 11.4 Å². The Labute approximate surface area is 241 Å². The second kappa shape index (κ2) is 7.34. The van der Waals surface area contributed by atoms with E-state index in [1.807, 2.05) is 0 Å². The van der Waals surface area contributed by atoms with E-state index in [4.69, 9.17) is 23.7 Å². The van der Waals surface area contributed by atoms with Gasteiger partial charge in [0.25, 0.3) is 0 Å². The highest BCUT2D eigenvalue weighted by Gasteiger charge is 2.94. The molecule has 2 N–H and O–H groups in total. The van der Waals surface area contributed by atoms with Crippen LogP contribution in [-0.2, 0) is 47.7 Å². The number of hydrogen-bond donors (Lipinski definition) is 2. The topological polar surface area (TPSA) is 172 Å². The highest BCUT2D eigenvalue weighted by atomic mass is 16.8. The number of hydrogen-bond acceptors (Lipinski definition) is 12. The van der Waals surface area contributed by atoms with Crippen LogP contribution < -0.4 is 0 Å². The first-order valence-corrected chi connectivity index (χ1v) is 14.7. The molecule has 0 amide bonds. The van der Waals surface area contributed by atoms with E-state index in [0.717, 1.165) is 6.92 Å². The molecule has 13 atom stereocenters. The van der Waals surface area contributed by atoms with Gasteiger partial charge in [0, 0.05) is 19.3 Å². The Bertz CT molecular complexity index is 1440. The summed E-state index contributed by atoms with van der Waals surface area (Å²) in [6.07, 6.45) is 0.344. The second-order valence-corrected chi connectivity index (χ2v) is 14.3. The lowest BCUT2D eigenvalue weighted by Gasteiger charge is -2.64. The number of Topliss-reactive ketones (excluding diaryl/α,β-unsaturated/α-hetero) is 1. The van der Waals surface area contributed by atoms with Crippen LogP contribution in [0.2, 0.25) is 0 Å². The molecular weight excluding hydrogens is 552 g/mol. The molecule has 226 valence electrons. The third-order valence-corrected chi connectivity index (χ3v) is 13.0. The molecule has 5 bridgehead atoms. The first kappa shape index (κ1) is 26.9. The van der Waals surface area contributed by atoms with E-state index in [-0.39, 0.29) is 38.7 Å². The summed E-state index contributed by atoms with van der Waals surface area (Å²) < 4.78 is 31.4. The minimum atomic E-state index is -2.15. The van der Waals surface area contributed by atoms with Gasteiger partial charge in [-0.2, -0.15) is 0 Å². The van der Waals surface area contributed by atoms with Crippen molar-refractivity contribution in [3.63, 3.8) is 0 Å². The Morgan fingerprint density at radius 1 is 1.12 bits per heavy atom. The summed E-state index contributed by atoms with van der Waals surface area (Å²) in [4.78, 5) is 69.4. The summed E-state index contributed by atoms with van der Waals surface area (Å²) in [6.45, 7) is 5.81. The second-order valence-electron chi connectivity index (χ2n) is 14.3. The average Bonchev–Trinajstić information content (AvgIpc) is 3.23. The van der Waals surface area contributed by atoms with Crippen LogP contribution in [0.5, 0.6) is 0 Å². The number of carbonyl (C=O) groups excluding carboxylic acids is 5. The number of ketones is 2. The Kier molecular flexibility index (Phi) is 4.70. The van der Waals surface area contributed by atoms with Gasteiger partial charge in [0.1, 0.15) is 11.7 Å². The molecule has 5 heterocycles.